The Labute approximate surface area is 836 Å². The van der Waals surface area contributed by atoms with E-state index in [4.69, 9.17) is 0 Å². The van der Waals surface area contributed by atoms with Gasteiger partial charge in [-0.25, -0.2) is 0 Å². The van der Waals surface area contributed by atoms with Crippen LogP contribution in [0.2, 0.25) is 0 Å². The normalized spacial score (nSPS) is 15.5. The van der Waals surface area contributed by atoms with E-state index in [1.165, 1.54) is 178 Å². The molecule has 0 aromatic rings. The molecule has 0 heterocycles. The zero-order valence-electron chi connectivity index (χ0n) is 80.3. The van der Waals surface area contributed by atoms with E-state index in [1.807, 2.05) is 0 Å². The third-order valence-corrected chi connectivity index (χ3v) is 24.6. The Morgan fingerprint density at radius 3 is 0.252 bits per heavy atom. The van der Waals surface area contributed by atoms with Crippen molar-refractivity contribution in [2.75, 3.05) is 126 Å². The van der Waals surface area contributed by atoms with Crippen molar-refractivity contribution in [3.63, 3.8) is 0 Å². The van der Waals surface area contributed by atoms with Crippen LogP contribution in [0.25, 0.3) is 0 Å². The SMILES string of the molecule is CC(/C=C(/C)[O-])=NCCN=C(C)/C=C(/C)[O-].CC(/C=C(/C)[O-])=NCCN=C(C)/C=C(/C)[O-].CC(/C=C(/C)[O-])=NCCN=C(C)/C=C(/C)[O-].CC(/C=C(/C)[O-])=NCCN=C(C)/C=C(/C)[O-].CC[PH+](CC)CC.CC[PH+](CC)CC.CC[PH+](CC)CC.CC[PH+](CC)CC.F[P-](F)(F)(F)(F)F.F[P-](F)(F)(F)(F)F.F[P-](F)(F)(F)(F)F.F[P-](F)(F)(F)(F)F.F[P-](F)(F)(F)(F)F.[O-2].[O-2].[O-2].[O-2].[Re].[Re].[Re].[Re]. The summed E-state index contributed by atoms with van der Waals surface area (Å²) in [5.41, 5.74) is 5.64. The fourth-order valence-electron chi connectivity index (χ4n) is 7.53. The Morgan fingerprint density at radius 1 is 0.170 bits per heavy atom. The van der Waals surface area contributed by atoms with Crippen molar-refractivity contribution in [1.82, 2.24) is 0 Å². The molecule has 0 saturated carbocycles. The van der Waals surface area contributed by atoms with E-state index in [1.54, 1.807) is 55.4 Å². The zero-order valence-corrected chi connectivity index (χ0v) is 99.7. The summed E-state index contributed by atoms with van der Waals surface area (Å²) in [4.78, 5) is 33.2. The Bertz CT molecular complexity index is 2870. The summed E-state index contributed by atoms with van der Waals surface area (Å²) in [6.07, 6.45) is 29.3. The smallest absolute Gasteiger partial charge is 0 e. The van der Waals surface area contributed by atoms with Gasteiger partial charge in [-0.15, -0.1) is 46.1 Å². The first-order chi connectivity index (χ1) is 55.3. The summed E-state index contributed by atoms with van der Waals surface area (Å²) in [7, 11) is -52.7. The van der Waals surface area contributed by atoms with Crippen LogP contribution in [0.5, 0.6) is 0 Å². The first-order valence-electron chi connectivity index (χ1n) is 38.4. The van der Waals surface area contributed by atoms with Crippen LogP contribution in [-0.2, 0) is 104 Å². The van der Waals surface area contributed by atoms with E-state index >= 15 is 0 Å². The molecule has 4 radical (unpaired) electrons. The number of hydrogen-bond acceptors (Lipinski definition) is 16. The van der Waals surface area contributed by atoms with Crippen LogP contribution in [0.1, 0.15) is 194 Å². The molecule has 836 valence electrons. The Morgan fingerprint density at radius 2 is 0.222 bits per heavy atom. The molecule has 0 N–H and O–H groups in total. The average Bonchev–Trinajstić information content (AvgIpc) is 0.815. The molecule has 0 rings (SSSR count). The number of halogens is 30. The van der Waals surface area contributed by atoms with Crippen molar-refractivity contribution in [3.05, 3.63) is 94.7 Å². The molecule has 0 amide bonds. The fourth-order valence-corrected chi connectivity index (χ4v) is 13.5. The van der Waals surface area contributed by atoms with Gasteiger partial charge < -0.3 is 62.8 Å². The summed E-state index contributed by atoms with van der Waals surface area (Å²) < 4.78 is 296. The quantitative estimate of drug-likeness (QED) is 0.0204. The largest absolute Gasteiger partial charge is 2.00 e. The van der Waals surface area contributed by atoms with E-state index in [0.29, 0.717) is 98.1 Å². The van der Waals surface area contributed by atoms with E-state index < -0.39 is 39.0 Å². The second kappa shape index (κ2) is 79.3. The standard InChI is InChI=1S/4C12H20N2O2.4C6H15P.5F6P.4O.4Re/c4*1-9(7-11(3)15)13-5-6-14-10(2)8-12(4)16;4*1-4-7(5-2)6-3;5*1-7(2,3,4,5)6;;;;;;;;/h4*7-8,15-16H,5-6H2,1-4H3;4*4-6H2,1-3H3;;;;;;;;;;;;;/q;;;;;;;;5*-1;4*-2;;;;/p-4/b4*11-7-,12-8-,13-9?,14-10?;;;;;;;;;;;;;;;;;. The Kier molecular flexibility index (Phi) is 108. The van der Waals surface area contributed by atoms with Crippen LogP contribution in [0, 0.1) is 0 Å². The van der Waals surface area contributed by atoms with Crippen LogP contribution in [-0.4, -0.2) is 172 Å². The molecule has 0 atom stereocenters. The van der Waals surface area contributed by atoms with Gasteiger partial charge in [-0.2, -0.15) is 0 Å². The molecule has 0 saturated heterocycles. The van der Waals surface area contributed by atoms with Crippen molar-refractivity contribution >= 4 is 116 Å². The molecule has 0 aliphatic heterocycles. The maximum absolute atomic E-state index is 10.7. The molecule has 63 heteroatoms. The second-order valence-corrected chi connectivity index (χ2v) is 50.3. The van der Waals surface area contributed by atoms with E-state index in [-0.39, 0.29) is 181 Å². The van der Waals surface area contributed by atoms with E-state index in [9.17, 15) is 167 Å². The molecule has 0 bridgehead atoms. The van der Waals surface area contributed by atoms with Gasteiger partial charge in [0.2, 0.25) is 0 Å². The molecule has 0 aromatic carbocycles. The van der Waals surface area contributed by atoms with Crippen LogP contribution in [0.4, 0.5) is 126 Å². The van der Waals surface area contributed by atoms with Crippen molar-refractivity contribution in [1.29, 1.82) is 0 Å². The van der Waals surface area contributed by atoms with E-state index in [0.717, 1.165) is 0 Å². The Balaban J connectivity index is -0.0000000556. The number of allylic oxidation sites excluding steroid dienone is 16. The summed E-state index contributed by atoms with van der Waals surface area (Å²) >= 11 is 0. The first kappa shape index (κ1) is 185. The molecule has 0 aliphatic rings. The van der Waals surface area contributed by atoms with Gasteiger partial charge in [0.15, 0.2) is 0 Å². The molecule has 0 fully saturated rings. The topological polar surface area (TPSA) is 397 Å². The third-order valence-electron chi connectivity index (χ3n) is 12.6. The summed E-state index contributed by atoms with van der Waals surface area (Å²) in [5, 5.41) is 85.7. The Hall–Kier alpha value is -2.06. The van der Waals surface area contributed by atoms with Crippen LogP contribution in [0.15, 0.2) is 135 Å². The minimum atomic E-state index is -10.7. The van der Waals surface area contributed by atoms with E-state index in [2.05, 4.69) is 123 Å². The molecular formula is C72H136F30N8O12P9Re4-17. The van der Waals surface area contributed by atoms with Crippen LogP contribution in [0.3, 0.4) is 0 Å². The first-order valence-corrected chi connectivity index (χ1v) is 57.0. The van der Waals surface area contributed by atoms with Gasteiger partial charge in [-0.05, 0) is 170 Å². The van der Waals surface area contributed by atoms with Gasteiger partial charge in [-0.3, -0.25) is 39.9 Å². The summed E-state index contributed by atoms with van der Waals surface area (Å²) in [6.45, 7) is 58.0. The third kappa shape index (κ3) is 332. The molecule has 0 aromatic heterocycles. The number of nitrogens with zero attached hydrogens (tertiary/aromatic N) is 8. The average molecular weight is 2900 g/mol. The number of hydrogen-bond donors (Lipinski definition) is 0. The predicted molar refractivity (Wildman–Crippen MR) is 484 cm³/mol. The predicted octanol–water partition coefficient (Wildman–Crippen LogP) is 27.2. The van der Waals surface area contributed by atoms with Gasteiger partial charge in [0.05, 0.1) is 126 Å². The minimum Gasteiger partial charge on any atom is -2.00 e. The molecule has 0 aliphatic carbocycles. The van der Waals surface area contributed by atoms with Crippen molar-refractivity contribution in [3.8, 4) is 0 Å². The van der Waals surface area contributed by atoms with Crippen LogP contribution < -0.4 is 40.9 Å². The summed E-state index contributed by atoms with van der Waals surface area (Å²) in [5.74, 6) is -0.0678. The number of aliphatic imine (C=N–C) groups is 8. The maximum Gasteiger partial charge on any atom is 0 e. The minimum absolute atomic E-state index is 0. The molecule has 20 nitrogen and oxygen atoms in total. The second-order valence-electron chi connectivity index (χ2n) is 26.3. The monoisotopic (exact) mass is 2900 g/mol. The molecule has 135 heavy (non-hydrogen) atoms. The van der Waals surface area contributed by atoms with Gasteiger partial charge in [0.1, 0.15) is 0 Å². The van der Waals surface area contributed by atoms with Gasteiger partial charge in [0, 0.05) is 127 Å². The van der Waals surface area contributed by atoms with Crippen LogP contribution >= 0.6 is 70.7 Å². The number of rotatable bonds is 32. The fraction of sp³-hybridized carbons (Fsp3) is 0.667. The maximum atomic E-state index is 10.7. The molecular weight excluding hydrogens is 2760 g/mol. The van der Waals surface area contributed by atoms with Gasteiger partial charge >= 0.3 is 165 Å². The zero-order chi connectivity index (χ0) is 105. The van der Waals surface area contributed by atoms with Crippen molar-refractivity contribution in [2.45, 2.75) is 194 Å². The van der Waals surface area contributed by atoms with Gasteiger partial charge in [-0.1, -0.05) is 104 Å². The summed E-state index contributed by atoms with van der Waals surface area (Å²) in [6, 6.07) is 0. The molecule has 0 unspecified atom stereocenters. The van der Waals surface area contributed by atoms with Crippen molar-refractivity contribution in [2.24, 2.45) is 39.9 Å². The van der Waals surface area contributed by atoms with Gasteiger partial charge in [0.25, 0.3) is 0 Å². The van der Waals surface area contributed by atoms with Crippen molar-refractivity contribution < 1.29 is 270 Å². The molecule has 0 spiro atoms.